The summed E-state index contributed by atoms with van der Waals surface area (Å²) in [7, 11) is 4.72. The van der Waals surface area contributed by atoms with Crippen LogP contribution in [-0.2, 0) is 4.79 Å². The molecule has 8 heteroatoms. The number of anilines is 1. The molecule has 1 aliphatic heterocycles. The van der Waals surface area contributed by atoms with Crippen molar-refractivity contribution in [2.45, 2.75) is 13.0 Å². The molecule has 0 spiro atoms. The molecule has 0 bridgehead atoms. The molecule has 0 fully saturated rings. The van der Waals surface area contributed by atoms with E-state index in [0.29, 0.717) is 39.3 Å². The molecule has 2 aromatic carbocycles. The number of amides is 1. The highest BCUT2D eigenvalue weighted by Gasteiger charge is 2.30. The molecule has 0 unspecified atom stereocenters. The van der Waals surface area contributed by atoms with Gasteiger partial charge in [0.2, 0.25) is 0 Å². The quantitative estimate of drug-likeness (QED) is 0.628. The lowest BCUT2D eigenvalue weighted by Crippen LogP contribution is -2.45. The number of carbonyl (C=O) groups excluding carboxylic acids is 1. The molecule has 29 heavy (non-hydrogen) atoms. The van der Waals surface area contributed by atoms with Gasteiger partial charge >= 0.3 is 0 Å². The van der Waals surface area contributed by atoms with Crippen molar-refractivity contribution in [3.63, 3.8) is 0 Å². The van der Waals surface area contributed by atoms with Crippen LogP contribution in [0.2, 0.25) is 0 Å². The first-order valence-electron chi connectivity index (χ1n) is 8.92. The predicted molar refractivity (Wildman–Crippen MR) is 115 cm³/mol. The molecule has 1 aliphatic rings. The van der Waals surface area contributed by atoms with E-state index in [4.69, 9.17) is 26.4 Å². The van der Waals surface area contributed by atoms with Gasteiger partial charge in [0, 0.05) is 17.5 Å². The van der Waals surface area contributed by atoms with Gasteiger partial charge in [0.1, 0.15) is 5.75 Å². The Balaban J connectivity index is 1.96. The normalized spacial score (nSPS) is 15.9. The van der Waals surface area contributed by atoms with Gasteiger partial charge in [0.05, 0.1) is 32.9 Å². The maximum Gasteiger partial charge on any atom is 0.255 e. The van der Waals surface area contributed by atoms with E-state index in [1.807, 2.05) is 31.2 Å². The molecule has 3 N–H and O–H groups in total. The van der Waals surface area contributed by atoms with Gasteiger partial charge < -0.3 is 30.2 Å². The fraction of sp³-hybridized carbons (Fsp3) is 0.238. The van der Waals surface area contributed by atoms with E-state index in [1.54, 1.807) is 39.5 Å². The lowest BCUT2D eigenvalue weighted by Gasteiger charge is -2.30. The van der Waals surface area contributed by atoms with E-state index in [-0.39, 0.29) is 5.91 Å². The minimum atomic E-state index is -0.450. The van der Waals surface area contributed by atoms with Gasteiger partial charge in [-0.25, -0.2) is 0 Å². The van der Waals surface area contributed by atoms with E-state index < -0.39 is 6.04 Å². The van der Waals surface area contributed by atoms with E-state index >= 15 is 0 Å². The number of methoxy groups -OCH3 is 3. The van der Waals surface area contributed by atoms with Crippen LogP contribution in [0.25, 0.3) is 0 Å². The summed E-state index contributed by atoms with van der Waals surface area (Å²) in [5.41, 5.74) is 2.65. The average Bonchev–Trinajstić information content (AvgIpc) is 2.72. The second-order valence-corrected chi connectivity index (χ2v) is 6.78. The fourth-order valence-electron chi connectivity index (χ4n) is 3.18. The Morgan fingerprint density at radius 2 is 1.79 bits per heavy atom. The molecule has 2 aromatic rings. The fourth-order valence-corrected chi connectivity index (χ4v) is 3.45. The van der Waals surface area contributed by atoms with Gasteiger partial charge in [-0.2, -0.15) is 0 Å². The van der Waals surface area contributed by atoms with E-state index in [0.717, 1.165) is 5.56 Å². The van der Waals surface area contributed by atoms with Crippen LogP contribution in [0.5, 0.6) is 17.2 Å². The SMILES string of the molecule is COc1cccc(NC(=O)C2=C(C)NC(=S)N[C@H]2c2ccc(OC)c(OC)c2)c1. The van der Waals surface area contributed by atoms with Crippen LogP contribution in [0, 0.1) is 0 Å². The summed E-state index contributed by atoms with van der Waals surface area (Å²) in [4.78, 5) is 13.2. The Kier molecular flexibility index (Phi) is 6.23. The number of rotatable bonds is 6. The Morgan fingerprint density at radius 3 is 2.48 bits per heavy atom. The summed E-state index contributed by atoms with van der Waals surface area (Å²) in [5.74, 6) is 1.58. The van der Waals surface area contributed by atoms with Crippen molar-refractivity contribution in [2.24, 2.45) is 0 Å². The first kappa shape index (κ1) is 20.5. The Hall–Kier alpha value is -3.26. The molecule has 0 aliphatic carbocycles. The van der Waals surface area contributed by atoms with E-state index in [9.17, 15) is 4.79 Å². The molecule has 3 rings (SSSR count). The number of ether oxygens (including phenoxy) is 3. The maximum atomic E-state index is 13.2. The summed E-state index contributed by atoms with van der Waals surface area (Å²) in [6.45, 7) is 1.82. The second kappa shape index (κ2) is 8.83. The largest absolute Gasteiger partial charge is 0.497 e. The number of allylic oxidation sites excluding steroid dienone is 1. The average molecular weight is 413 g/mol. The Bertz CT molecular complexity index is 974. The highest BCUT2D eigenvalue weighted by molar-refractivity contribution is 7.80. The third kappa shape index (κ3) is 4.43. The number of hydrogen-bond donors (Lipinski definition) is 3. The topological polar surface area (TPSA) is 80.9 Å². The second-order valence-electron chi connectivity index (χ2n) is 6.37. The highest BCUT2D eigenvalue weighted by atomic mass is 32.1. The van der Waals surface area contributed by atoms with Crippen molar-refractivity contribution in [1.82, 2.24) is 10.6 Å². The van der Waals surface area contributed by atoms with Crippen LogP contribution in [0.15, 0.2) is 53.7 Å². The molecule has 1 heterocycles. The first-order chi connectivity index (χ1) is 14.0. The van der Waals surface area contributed by atoms with Gasteiger partial charge in [0.15, 0.2) is 16.6 Å². The molecule has 0 radical (unpaired) electrons. The summed E-state index contributed by atoms with van der Waals surface area (Å²) in [5, 5.41) is 9.57. The van der Waals surface area contributed by atoms with Crippen molar-refractivity contribution < 1.29 is 19.0 Å². The summed E-state index contributed by atoms with van der Waals surface area (Å²) < 4.78 is 15.9. The third-order valence-electron chi connectivity index (χ3n) is 4.58. The van der Waals surface area contributed by atoms with Gasteiger partial charge in [-0.3, -0.25) is 4.79 Å². The third-order valence-corrected chi connectivity index (χ3v) is 4.80. The minimum Gasteiger partial charge on any atom is -0.497 e. The summed E-state index contributed by atoms with van der Waals surface area (Å²) in [6.07, 6.45) is 0. The predicted octanol–water partition coefficient (Wildman–Crippen LogP) is 3.14. The Labute approximate surface area is 175 Å². The van der Waals surface area contributed by atoms with Crippen molar-refractivity contribution in [3.05, 3.63) is 59.3 Å². The van der Waals surface area contributed by atoms with Crippen molar-refractivity contribution in [2.75, 3.05) is 26.6 Å². The Morgan fingerprint density at radius 1 is 1.03 bits per heavy atom. The molecule has 0 saturated heterocycles. The lowest BCUT2D eigenvalue weighted by atomic mass is 9.94. The molecule has 1 atom stereocenters. The zero-order valence-electron chi connectivity index (χ0n) is 16.7. The minimum absolute atomic E-state index is 0.252. The van der Waals surface area contributed by atoms with Crippen LogP contribution in [0.3, 0.4) is 0 Å². The summed E-state index contributed by atoms with van der Waals surface area (Å²) >= 11 is 5.31. The molecule has 7 nitrogen and oxygen atoms in total. The van der Waals surface area contributed by atoms with Gasteiger partial charge in [-0.15, -0.1) is 0 Å². The molecular weight excluding hydrogens is 390 g/mol. The van der Waals surface area contributed by atoms with Crippen LogP contribution in [0.1, 0.15) is 18.5 Å². The molecule has 1 amide bonds. The number of carbonyl (C=O) groups is 1. The lowest BCUT2D eigenvalue weighted by molar-refractivity contribution is -0.113. The number of benzene rings is 2. The number of thiocarbonyl (C=S) groups is 1. The van der Waals surface area contributed by atoms with Crippen molar-refractivity contribution in [3.8, 4) is 17.2 Å². The monoisotopic (exact) mass is 413 g/mol. The van der Waals surface area contributed by atoms with Crippen molar-refractivity contribution in [1.29, 1.82) is 0 Å². The zero-order valence-corrected chi connectivity index (χ0v) is 17.5. The van der Waals surface area contributed by atoms with Crippen LogP contribution in [0.4, 0.5) is 5.69 Å². The highest BCUT2D eigenvalue weighted by Crippen LogP contribution is 2.34. The van der Waals surface area contributed by atoms with Crippen LogP contribution >= 0.6 is 12.2 Å². The smallest absolute Gasteiger partial charge is 0.255 e. The molecule has 0 saturated carbocycles. The molecular formula is C21H23N3O4S. The number of nitrogens with one attached hydrogen (secondary N) is 3. The van der Waals surface area contributed by atoms with Gasteiger partial charge in [-0.05, 0) is 49.0 Å². The van der Waals surface area contributed by atoms with Gasteiger partial charge in [-0.1, -0.05) is 12.1 Å². The first-order valence-corrected chi connectivity index (χ1v) is 9.33. The standard InChI is InChI=1S/C21H23N3O4S/c1-12-18(20(25)23-14-6-5-7-15(11-14)26-2)19(24-21(29)22-12)13-8-9-16(27-3)17(10-13)28-4/h5-11,19H,1-4H3,(H,23,25)(H2,22,24,29)/t19-/m0/s1. The van der Waals surface area contributed by atoms with Gasteiger partial charge in [0.25, 0.3) is 5.91 Å². The summed E-state index contributed by atoms with van der Waals surface area (Å²) in [6, 6.07) is 12.2. The van der Waals surface area contributed by atoms with E-state index in [2.05, 4.69) is 16.0 Å². The molecule has 0 aromatic heterocycles. The maximum absolute atomic E-state index is 13.2. The van der Waals surface area contributed by atoms with Crippen LogP contribution < -0.4 is 30.2 Å². The van der Waals surface area contributed by atoms with Crippen LogP contribution in [-0.4, -0.2) is 32.3 Å². The zero-order chi connectivity index (χ0) is 21.0. The number of hydrogen-bond acceptors (Lipinski definition) is 5. The molecule has 152 valence electrons. The van der Waals surface area contributed by atoms with Crippen molar-refractivity contribution >= 4 is 28.9 Å². The van der Waals surface area contributed by atoms with E-state index in [1.165, 1.54) is 0 Å².